The average Bonchev–Trinajstić information content (AvgIpc) is 2.99. The number of nitrogens with one attached hydrogen (secondary N) is 1. The van der Waals surface area contributed by atoms with Crippen LogP contribution in [0.3, 0.4) is 0 Å². The van der Waals surface area contributed by atoms with Crippen molar-refractivity contribution in [3.05, 3.63) is 131 Å². The SMILES string of the molecule is CNC(=O)[C@@H](Cc1ccccc1)N(Cc1ccc(C)cc1)C(=O)CN(c1ccc(C)cc1)S(=O)(=O)c1ccc(C)cc1. The van der Waals surface area contributed by atoms with Gasteiger partial charge in [0.15, 0.2) is 0 Å². The van der Waals surface area contributed by atoms with E-state index in [1.807, 2.05) is 87.5 Å². The van der Waals surface area contributed by atoms with Gasteiger partial charge in [0.2, 0.25) is 11.8 Å². The van der Waals surface area contributed by atoms with Crippen molar-refractivity contribution in [2.24, 2.45) is 0 Å². The Morgan fingerprint density at radius 3 is 1.79 bits per heavy atom. The highest BCUT2D eigenvalue weighted by atomic mass is 32.2. The molecule has 0 saturated carbocycles. The van der Waals surface area contributed by atoms with Gasteiger partial charge in [-0.15, -0.1) is 0 Å². The third-order valence-electron chi connectivity index (χ3n) is 7.20. The van der Waals surface area contributed by atoms with Crippen LogP contribution < -0.4 is 9.62 Å². The number of carbonyl (C=O) groups excluding carboxylic acids is 2. The smallest absolute Gasteiger partial charge is 0.264 e. The van der Waals surface area contributed by atoms with Crippen LogP contribution in [-0.2, 0) is 32.6 Å². The lowest BCUT2D eigenvalue weighted by molar-refractivity contribution is -0.139. The highest BCUT2D eigenvalue weighted by Gasteiger charge is 2.34. The number of sulfonamides is 1. The number of amides is 2. The first-order valence-electron chi connectivity index (χ1n) is 13.8. The van der Waals surface area contributed by atoms with Crippen molar-refractivity contribution in [2.45, 2.75) is 44.7 Å². The third-order valence-corrected chi connectivity index (χ3v) is 8.99. The molecule has 1 atom stereocenters. The molecule has 0 aromatic heterocycles. The van der Waals surface area contributed by atoms with Crippen LogP contribution in [0.25, 0.3) is 0 Å². The maximum absolute atomic E-state index is 14.3. The second-order valence-corrected chi connectivity index (χ2v) is 12.3. The molecule has 0 spiro atoms. The molecule has 0 radical (unpaired) electrons. The van der Waals surface area contributed by atoms with E-state index < -0.39 is 28.5 Å². The van der Waals surface area contributed by atoms with Crippen LogP contribution in [0.5, 0.6) is 0 Å². The van der Waals surface area contributed by atoms with Crippen molar-refractivity contribution in [1.82, 2.24) is 10.2 Å². The number of hydrogen-bond acceptors (Lipinski definition) is 4. The van der Waals surface area contributed by atoms with Gasteiger partial charge in [0.1, 0.15) is 12.6 Å². The molecule has 0 aliphatic rings. The molecular weight excluding hydrogens is 546 g/mol. The first kappa shape index (κ1) is 30.5. The number of anilines is 1. The van der Waals surface area contributed by atoms with E-state index in [-0.39, 0.29) is 23.8 Å². The molecule has 1 N–H and O–H groups in total. The lowest BCUT2D eigenvalue weighted by Crippen LogP contribution is -2.53. The summed E-state index contributed by atoms with van der Waals surface area (Å²) in [6, 6.07) is 29.9. The van der Waals surface area contributed by atoms with Crippen LogP contribution in [0.2, 0.25) is 0 Å². The molecule has 4 aromatic carbocycles. The Labute approximate surface area is 248 Å². The summed E-state index contributed by atoms with van der Waals surface area (Å²) in [5.74, 6) is -0.820. The van der Waals surface area contributed by atoms with Gasteiger partial charge in [-0.05, 0) is 56.2 Å². The largest absolute Gasteiger partial charge is 0.357 e. The van der Waals surface area contributed by atoms with Gasteiger partial charge in [-0.2, -0.15) is 0 Å². The van der Waals surface area contributed by atoms with Gasteiger partial charge in [0.05, 0.1) is 10.6 Å². The Kier molecular flexibility index (Phi) is 9.80. The van der Waals surface area contributed by atoms with Gasteiger partial charge in [0.25, 0.3) is 10.0 Å². The molecule has 42 heavy (non-hydrogen) atoms. The predicted octanol–water partition coefficient (Wildman–Crippen LogP) is 5.19. The predicted molar refractivity (Wildman–Crippen MR) is 167 cm³/mol. The number of benzene rings is 4. The van der Waals surface area contributed by atoms with E-state index >= 15 is 0 Å². The first-order valence-corrected chi connectivity index (χ1v) is 15.3. The van der Waals surface area contributed by atoms with Gasteiger partial charge in [-0.25, -0.2) is 8.42 Å². The molecule has 0 bridgehead atoms. The molecular formula is C34H37N3O4S. The fraction of sp³-hybridized carbons (Fsp3) is 0.235. The molecule has 4 rings (SSSR count). The molecule has 0 aliphatic heterocycles. The van der Waals surface area contributed by atoms with Crippen LogP contribution >= 0.6 is 0 Å². The van der Waals surface area contributed by atoms with E-state index in [1.165, 1.54) is 11.9 Å². The molecule has 0 saturated heterocycles. The van der Waals surface area contributed by atoms with Crippen LogP contribution in [-0.4, -0.2) is 44.8 Å². The highest BCUT2D eigenvalue weighted by Crippen LogP contribution is 2.26. The molecule has 4 aromatic rings. The first-order chi connectivity index (χ1) is 20.1. The monoisotopic (exact) mass is 583 g/mol. The average molecular weight is 584 g/mol. The molecule has 0 fully saturated rings. The van der Waals surface area contributed by atoms with E-state index in [0.717, 1.165) is 32.1 Å². The van der Waals surface area contributed by atoms with Gasteiger partial charge in [-0.3, -0.25) is 13.9 Å². The highest BCUT2D eigenvalue weighted by molar-refractivity contribution is 7.92. The lowest BCUT2D eigenvalue weighted by atomic mass is 10.0. The number of rotatable bonds is 11. The summed E-state index contributed by atoms with van der Waals surface area (Å²) in [6.07, 6.45) is 0.271. The number of aryl methyl sites for hydroxylation is 3. The Bertz CT molecular complexity index is 1600. The standard InChI is InChI=1S/C34H37N3O4S/c1-25-10-16-29(17-11-25)23-36(32(34(39)35-4)22-28-8-6-5-7-9-28)33(38)24-37(30-18-12-26(2)13-19-30)42(40,41)31-20-14-27(3)15-21-31/h5-21,32H,22-24H2,1-4H3,(H,35,39)/t32-/m1/s1. The summed E-state index contributed by atoms with van der Waals surface area (Å²) in [6.45, 7) is 5.43. The summed E-state index contributed by atoms with van der Waals surface area (Å²) < 4.78 is 29.1. The van der Waals surface area contributed by atoms with Crippen molar-refractivity contribution in [3.63, 3.8) is 0 Å². The maximum Gasteiger partial charge on any atom is 0.264 e. The van der Waals surface area contributed by atoms with Gasteiger partial charge < -0.3 is 10.2 Å². The van der Waals surface area contributed by atoms with Gasteiger partial charge in [0, 0.05) is 20.0 Å². The molecule has 218 valence electrons. The number of carbonyl (C=O) groups is 2. The third kappa shape index (κ3) is 7.44. The van der Waals surface area contributed by atoms with Crippen LogP contribution in [0, 0.1) is 20.8 Å². The summed E-state index contributed by atoms with van der Waals surface area (Å²) in [7, 11) is -2.58. The van der Waals surface area contributed by atoms with Crippen LogP contribution in [0.4, 0.5) is 5.69 Å². The summed E-state index contributed by atoms with van der Waals surface area (Å²) in [5, 5.41) is 2.70. The van der Waals surface area contributed by atoms with Crippen molar-refractivity contribution in [2.75, 3.05) is 17.9 Å². The number of nitrogens with zero attached hydrogens (tertiary/aromatic N) is 2. The maximum atomic E-state index is 14.3. The van der Waals surface area contributed by atoms with E-state index in [1.54, 1.807) is 36.4 Å². The summed E-state index contributed by atoms with van der Waals surface area (Å²) >= 11 is 0. The van der Waals surface area contributed by atoms with Crippen LogP contribution in [0.15, 0.2) is 108 Å². The summed E-state index contributed by atoms with van der Waals surface area (Å²) in [5.41, 5.74) is 5.03. The van der Waals surface area contributed by atoms with Crippen molar-refractivity contribution in [3.8, 4) is 0 Å². The molecule has 8 heteroatoms. The minimum Gasteiger partial charge on any atom is -0.357 e. The Balaban J connectivity index is 1.77. The number of likely N-dealkylation sites (N-methyl/N-ethyl adjacent to an activating group) is 1. The number of hydrogen-bond donors (Lipinski definition) is 1. The van der Waals surface area contributed by atoms with E-state index in [0.29, 0.717) is 5.69 Å². The quantitative estimate of drug-likeness (QED) is 0.263. The fourth-order valence-corrected chi connectivity index (χ4v) is 6.10. The van der Waals surface area contributed by atoms with Gasteiger partial charge >= 0.3 is 0 Å². The molecule has 2 amide bonds. The molecule has 7 nitrogen and oxygen atoms in total. The lowest BCUT2D eigenvalue weighted by Gasteiger charge is -2.33. The molecule has 0 unspecified atom stereocenters. The zero-order valence-corrected chi connectivity index (χ0v) is 25.3. The van der Waals surface area contributed by atoms with E-state index in [2.05, 4.69) is 5.32 Å². The Hall–Kier alpha value is -4.43. The summed E-state index contributed by atoms with van der Waals surface area (Å²) in [4.78, 5) is 29.2. The second kappa shape index (κ2) is 13.5. The fourth-order valence-electron chi connectivity index (χ4n) is 4.69. The normalized spacial score (nSPS) is 11.9. The topological polar surface area (TPSA) is 86.8 Å². The van der Waals surface area contributed by atoms with Crippen molar-refractivity contribution >= 4 is 27.5 Å². The van der Waals surface area contributed by atoms with E-state index in [4.69, 9.17) is 0 Å². The Morgan fingerprint density at radius 1 is 0.714 bits per heavy atom. The minimum absolute atomic E-state index is 0.0821. The zero-order chi connectivity index (χ0) is 30.3. The van der Waals surface area contributed by atoms with E-state index in [9.17, 15) is 18.0 Å². The minimum atomic E-state index is -4.12. The molecule has 0 aliphatic carbocycles. The van der Waals surface area contributed by atoms with Gasteiger partial charge in [-0.1, -0.05) is 95.6 Å². The van der Waals surface area contributed by atoms with Crippen LogP contribution in [0.1, 0.15) is 27.8 Å². The van der Waals surface area contributed by atoms with Crippen molar-refractivity contribution in [1.29, 1.82) is 0 Å². The molecule has 0 heterocycles. The Morgan fingerprint density at radius 2 is 1.24 bits per heavy atom. The second-order valence-electron chi connectivity index (χ2n) is 10.5. The zero-order valence-electron chi connectivity index (χ0n) is 24.4. The van der Waals surface area contributed by atoms with Crippen molar-refractivity contribution < 1.29 is 18.0 Å².